The summed E-state index contributed by atoms with van der Waals surface area (Å²) < 4.78 is 32.9. The number of benzene rings is 1. The van der Waals surface area contributed by atoms with Crippen molar-refractivity contribution in [1.82, 2.24) is 5.32 Å². The molecule has 0 saturated heterocycles. The highest BCUT2D eigenvalue weighted by molar-refractivity contribution is 5.94. The minimum absolute atomic E-state index is 0.0103. The summed E-state index contributed by atoms with van der Waals surface area (Å²) in [5.41, 5.74) is 0.327. The molecule has 0 aliphatic rings. The highest BCUT2D eigenvalue weighted by atomic mass is 19.3. The van der Waals surface area contributed by atoms with Gasteiger partial charge in [0, 0.05) is 18.5 Å². The van der Waals surface area contributed by atoms with Crippen molar-refractivity contribution in [2.75, 3.05) is 13.2 Å². The van der Waals surface area contributed by atoms with E-state index in [9.17, 15) is 18.4 Å². The second-order valence-electron chi connectivity index (χ2n) is 4.07. The number of ether oxygens (including phenoxy) is 2. The standard InChI is InChI=1S/C14H17F2NO4/c1-2-20-12(18)4-3-9-17-13(19)10-5-7-11(8-6-10)21-14(15)16/h5-8,14H,2-4,9H2,1H3,(H,17,19). The van der Waals surface area contributed by atoms with Crippen LogP contribution in [-0.4, -0.2) is 31.6 Å². The van der Waals surface area contributed by atoms with Crippen LogP contribution in [0.15, 0.2) is 24.3 Å². The monoisotopic (exact) mass is 301 g/mol. The summed E-state index contributed by atoms with van der Waals surface area (Å²) in [6.45, 7) is -0.515. The van der Waals surface area contributed by atoms with Crippen molar-refractivity contribution in [2.24, 2.45) is 0 Å². The van der Waals surface area contributed by atoms with E-state index in [0.717, 1.165) is 0 Å². The second kappa shape index (κ2) is 8.89. The average molecular weight is 301 g/mol. The number of rotatable bonds is 8. The highest BCUT2D eigenvalue weighted by Crippen LogP contribution is 2.14. The molecule has 21 heavy (non-hydrogen) atoms. The van der Waals surface area contributed by atoms with Gasteiger partial charge in [-0.15, -0.1) is 0 Å². The van der Waals surface area contributed by atoms with Crippen LogP contribution in [0.5, 0.6) is 5.75 Å². The molecule has 0 spiro atoms. The van der Waals surface area contributed by atoms with Crippen LogP contribution in [0.1, 0.15) is 30.1 Å². The Kier molecular flexibility index (Phi) is 7.14. The maximum absolute atomic E-state index is 12.0. The van der Waals surface area contributed by atoms with Crippen LogP contribution in [0.4, 0.5) is 8.78 Å². The number of alkyl halides is 2. The minimum Gasteiger partial charge on any atom is -0.466 e. The van der Waals surface area contributed by atoms with Crippen molar-refractivity contribution in [3.05, 3.63) is 29.8 Å². The lowest BCUT2D eigenvalue weighted by Gasteiger charge is -2.07. The third kappa shape index (κ3) is 6.69. The third-order valence-electron chi connectivity index (χ3n) is 2.49. The van der Waals surface area contributed by atoms with Gasteiger partial charge in [0.1, 0.15) is 5.75 Å². The molecule has 0 aliphatic carbocycles. The van der Waals surface area contributed by atoms with Crippen LogP contribution < -0.4 is 10.1 Å². The molecule has 0 aromatic heterocycles. The first kappa shape index (κ1) is 16.9. The SMILES string of the molecule is CCOC(=O)CCCNC(=O)c1ccc(OC(F)F)cc1. The van der Waals surface area contributed by atoms with Gasteiger partial charge in [0.05, 0.1) is 6.61 Å². The van der Waals surface area contributed by atoms with Crippen molar-refractivity contribution in [2.45, 2.75) is 26.4 Å². The third-order valence-corrected chi connectivity index (χ3v) is 2.49. The maximum atomic E-state index is 12.0. The predicted molar refractivity (Wildman–Crippen MR) is 71.3 cm³/mol. The number of carbonyl (C=O) groups excluding carboxylic acids is 2. The Morgan fingerprint density at radius 2 is 1.90 bits per heavy atom. The number of nitrogens with one attached hydrogen (secondary N) is 1. The van der Waals surface area contributed by atoms with Gasteiger partial charge in [-0.1, -0.05) is 0 Å². The van der Waals surface area contributed by atoms with E-state index < -0.39 is 6.61 Å². The van der Waals surface area contributed by atoms with Crippen LogP contribution in [0, 0.1) is 0 Å². The molecular weight excluding hydrogens is 284 g/mol. The van der Waals surface area contributed by atoms with Gasteiger partial charge in [-0.05, 0) is 37.6 Å². The summed E-state index contributed by atoms with van der Waals surface area (Å²) in [6, 6.07) is 5.36. The molecule has 0 unspecified atom stereocenters. The van der Waals surface area contributed by atoms with Crippen LogP contribution >= 0.6 is 0 Å². The van der Waals surface area contributed by atoms with Crippen LogP contribution in [0.3, 0.4) is 0 Å². The number of hydrogen-bond donors (Lipinski definition) is 1. The average Bonchev–Trinajstić information content (AvgIpc) is 2.44. The maximum Gasteiger partial charge on any atom is 0.387 e. The Bertz CT molecular complexity index is 463. The lowest BCUT2D eigenvalue weighted by molar-refractivity contribution is -0.143. The number of halogens is 2. The topological polar surface area (TPSA) is 64.6 Å². The summed E-state index contributed by atoms with van der Waals surface area (Å²) in [6.07, 6.45) is 0.701. The molecule has 7 heteroatoms. The zero-order valence-electron chi connectivity index (χ0n) is 11.6. The van der Waals surface area contributed by atoms with Crippen molar-refractivity contribution in [3.8, 4) is 5.75 Å². The summed E-state index contributed by atoms with van der Waals surface area (Å²) in [7, 11) is 0. The van der Waals surface area contributed by atoms with E-state index in [1.54, 1.807) is 6.92 Å². The minimum atomic E-state index is -2.90. The Hall–Kier alpha value is -2.18. The van der Waals surface area contributed by atoms with E-state index in [1.807, 2.05) is 0 Å². The van der Waals surface area contributed by atoms with Crippen molar-refractivity contribution in [3.63, 3.8) is 0 Å². The van der Waals surface area contributed by atoms with Crippen LogP contribution in [0.2, 0.25) is 0 Å². The molecule has 1 rings (SSSR count). The Morgan fingerprint density at radius 3 is 2.48 bits per heavy atom. The van der Waals surface area contributed by atoms with Gasteiger partial charge in [0.25, 0.3) is 5.91 Å². The zero-order valence-corrected chi connectivity index (χ0v) is 11.6. The Labute approximate surface area is 121 Å². The first-order chi connectivity index (χ1) is 10.0. The molecule has 0 heterocycles. The Morgan fingerprint density at radius 1 is 1.24 bits per heavy atom. The van der Waals surface area contributed by atoms with Gasteiger partial charge in [0.15, 0.2) is 0 Å². The molecule has 1 aromatic carbocycles. The number of amides is 1. The van der Waals surface area contributed by atoms with Gasteiger partial charge in [0.2, 0.25) is 0 Å². The van der Waals surface area contributed by atoms with Crippen LogP contribution in [-0.2, 0) is 9.53 Å². The van der Waals surface area contributed by atoms with Gasteiger partial charge in [-0.25, -0.2) is 0 Å². The normalized spacial score (nSPS) is 10.3. The Balaban J connectivity index is 2.33. The number of hydrogen-bond acceptors (Lipinski definition) is 4. The fourth-order valence-electron chi connectivity index (χ4n) is 1.56. The lowest BCUT2D eigenvalue weighted by atomic mass is 10.2. The molecule has 1 N–H and O–H groups in total. The smallest absolute Gasteiger partial charge is 0.387 e. The van der Waals surface area contributed by atoms with Gasteiger partial charge < -0.3 is 14.8 Å². The van der Waals surface area contributed by atoms with Crippen LogP contribution in [0.25, 0.3) is 0 Å². The van der Waals surface area contributed by atoms with E-state index in [-0.39, 0.29) is 24.0 Å². The van der Waals surface area contributed by atoms with Crippen molar-refractivity contribution in [1.29, 1.82) is 0 Å². The molecule has 0 atom stereocenters. The van der Waals surface area contributed by atoms with Crippen molar-refractivity contribution < 1.29 is 27.8 Å². The second-order valence-corrected chi connectivity index (χ2v) is 4.07. The fraction of sp³-hybridized carbons (Fsp3) is 0.429. The fourth-order valence-corrected chi connectivity index (χ4v) is 1.56. The molecule has 0 aliphatic heterocycles. The largest absolute Gasteiger partial charge is 0.466 e. The summed E-state index contributed by atoms with van der Waals surface area (Å²) in [5, 5.41) is 2.62. The molecule has 1 aromatic rings. The van der Waals surface area contributed by atoms with Crippen molar-refractivity contribution >= 4 is 11.9 Å². The molecule has 0 bridgehead atoms. The number of esters is 1. The quantitative estimate of drug-likeness (QED) is 0.591. The zero-order chi connectivity index (χ0) is 15.7. The molecule has 0 fully saturated rings. The number of carbonyl (C=O) groups is 2. The summed E-state index contributed by atoms with van der Waals surface area (Å²) >= 11 is 0. The van der Waals surface area contributed by atoms with Gasteiger partial charge in [-0.3, -0.25) is 9.59 Å². The first-order valence-corrected chi connectivity index (χ1v) is 6.51. The molecule has 0 saturated carbocycles. The molecule has 5 nitrogen and oxygen atoms in total. The predicted octanol–water partition coefficient (Wildman–Crippen LogP) is 2.36. The van der Waals surface area contributed by atoms with E-state index in [4.69, 9.17) is 4.74 Å². The van der Waals surface area contributed by atoms with E-state index in [2.05, 4.69) is 10.1 Å². The first-order valence-electron chi connectivity index (χ1n) is 6.51. The van der Waals surface area contributed by atoms with E-state index in [0.29, 0.717) is 25.1 Å². The van der Waals surface area contributed by atoms with E-state index >= 15 is 0 Å². The molecular formula is C14H17F2NO4. The highest BCUT2D eigenvalue weighted by Gasteiger charge is 2.08. The molecule has 116 valence electrons. The summed E-state index contributed by atoms with van der Waals surface area (Å²) in [4.78, 5) is 22.8. The van der Waals surface area contributed by atoms with Gasteiger partial charge in [-0.2, -0.15) is 8.78 Å². The summed E-state index contributed by atoms with van der Waals surface area (Å²) in [5.74, 6) is -0.661. The molecule has 1 amide bonds. The lowest BCUT2D eigenvalue weighted by Crippen LogP contribution is -2.25. The van der Waals surface area contributed by atoms with E-state index in [1.165, 1.54) is 24.3 Å². The van der Waals surface area contributed by atoms with Gasteiger partial charge >= 0.3 is 12.6 Å². The molecule has 0 radical (unpaired) electrons.